The van der Waals surface area contributed by atoms with Gasteiger partial charge in [-0.1, -0.05) is 19.1 Å². The second-order valence-corrected chi connectivity index (χ2v) is 5.68. The van der Waals surface area contributed by atoms with Crippen molar-refractivity contribution >= 4 is 23.4 Å². The monoisotopic (exact) mass is 266 g/mol. The minimum atomic E-state index is 0.00829. The standard InChI is InChI=1S/C14H22N2OS/c1-4-18-10-12(3)15-9-14(17)16-13-7-5-6-11(2)8-13/h5-8,12,15H,4,9-10H2,1-3H3,(H,16,17). The molecule has 0 heterocycles. The number of hydrogen-bond donors (Lipinski definition) is 2. The molecule has 1 aromatic carbocycles. The van der Waals surface area contributed by atoms with Crippen molar-refractivity contribution in [2.24, 2.45) is 0 Å². The maximum atomic E-state index is 11.7. The zero-order valence-electron chi connectivity index (χ0n) is 11.3. The molecular formula is C14H22N2OS. The highest BCUT2D eigenvalue weighted by atomic mass is 32.2. The second kappa shape index (κ2) is 8.16. The summed E-state index contributed by atoms with van der Waals surface area (Å²) in [5.41, 5.74) is 2.01. The maximum Gasteiger partial charge on any atom is 0.238 e. The summed E-state index contributed by atoms with van der Waals surface area (Å²) in [6.45, 7) is 6.61. The highest BCUT2D eigenvalue weighted by Gasteiger charge is 2.05. The van der Waals surface area contributed by atoms with Gasteiger partial charge in [-0.05, 0) is 37.3 Å². The van der Waals surface area contributed by atoms with Gasteiger partial charge in [-0.2, -0.15) is 11.8 Å². The van der Waals surface area contributed by atoms with Gasteiger partial charge in [0.15, 0.2) is 0 Å². The van der Waals surface area contributed by atoms with Crippen molar-refractivity contribution < 1.29 is 4.79 Å². The van der Waals surface area contributed by atoms with E-state index in [9.17, 15) is 4.79 Å². The lowest BCUT2D eigenvalue weighted by Crippen LogP contribution is -2.35. The number of nitrogens with one attached hydrogen (secondary N) is 2. The zero-order valence-corrected chi connectivity index (χ0v) is 12.1. The first-order valence-electron chi connectivity index (χ1n) is 6.29. The summed E-state index contributed by atoms with van der Waals surface area (Å²) in [6, 6.07) is 8.19. The highest BCUT2D eigenvalue weighted by molar-refractivity contribution is 7.99. The predicted octanol–water partition coefficient (Wildman–Crippen LogP) is 2.66. The number of aryl methyl sites for hydroxylation is 1. The van der Waals surface area contributed by atoms with E-state index in [1.807, 2.05) is 43.0 Å². The molecule has 0 aliphatic rings. The maximum absolute atomic E-state index is 11.7. The minimum Gasteiger partial charge on any atom is -0.325 e. The van der Waals surface area contributed by atoms with Gasteiger partial charge in [0.05, 0.1) is 6.54 Å². The number of carbonyl (C=O) groups excluding carboxylic acids is 1. The Morgan fingerprint density at radius 3 is 2.89 bits per heavy atom. The number of thioether (sulfide) groups is 1. The summed E-state index contributed by atoms with van der Waals surface area (Å²) < 4.78 is 0. The number of amides is 1. The van der Waals surface area contributed by atoms with Crippen molar-refractivity contribution in [1.82, 2.24) is 5.32 Å². The van der Waals surface area contributed by atoms with Gasteiger partial charge in [0.1, 0.15) is 0 Å². The normalized spacial score (nSPS) is 12.2. The summed E-state index contributed by atoms with van der Waals surface area (Å²) in [4.78, 5) is 11.7. The van der Waals surface area contributed by atoms with E-state index >= 15 is 0 Å². The molecule has 1 rings (SSSR count). The molecule has 2 N–H and O–H groups in total. The molecule has 1 amide bonds. The van der Waals surface area contributed by atoms with Crippen molar-refractivity contribution in [2.75, 3.05) is 23.4 Å². The lowest BCUT2D eigenvalue weighted by atomic mass is 10.2. The summed E-state index contributed by atoms with van der Waals surface area (Å²) in [7, 11) is 0. The van der Waals surface area contributed by atoms with Crippen LogP contribution in [-0.4, -0.2) is 30.0 Å². The molecule has 0 saturated carbocycles. The van der Waals surface area contributed by atoms with Gasteiger partial charge in [-0.15, -0.1) is 0 Å². The van der Waals surface area contributed by atoms with E-state index in [0.29, 0.717) is 12.6 Å². The smallest absolute Gasteiger partial charge is 0.238 e. The molecule has 1 atom stereocenters. The Bertz CT molecular complexity index is 382. The molecule has 0 spiro atoms. The van der Waals surface area contributed by atoms with Crippen molar-refractivity contribution in [3.05, 3.63) is 29.8 Å². The molecule has 0 radical (unpaired) electrons. The van der Waals surface area contributed by atoms with E-state index in [-0.39, 0.29) is 5.91 Å². The molecule has 0 aromatic heterocycles. The molecule has 100 valence electrons. The topological polar surface area (TPSA) is 41.1 Å². The Hall–Kier alpha value is -1.00. The van der Waals surface area contributed by atoms with E-state index in [4.69, 9.17) is 0 Å². The van der Waals surface area contributed by atoms with Gasteiger partial charge in [0.2, 0.25) is 5.91 Å². The third-order valence-electron chi connectivity index (χ3n) is 2.48. The molecule has 0 aliphatic heterocycles. The molecular weight excluding hydrogens is 244 g/mol. The van der Waals surface area contributed by atoms with Crippen LogP contribution < -0.4 is 10.6 Å². The average molecular weight is 266 g/mol. The van der Waals surface area contributed by atoms with Gasteiger partial charge < -0.3 is 10.6 Å². The highest BCUT2D eigenvalue weighted by Crippen LogP contribution is 2.09. The minimum absolute atomic E-state index is 0.00829. The summed E-state index contributed by atoms with van der Waals surface area (Å²) in [5.74, 6) is 2.16. The first-order chi connectivity index (χ1) is 8.61. The van der Waals surface area contributed by atoms with Crippen molar-refractivity contribution in [3.63, 3.8) is 0 Å². The predicted molar refractivity (Wildman–Crippen MR) is 80.3 cm³/mol. The Balaban J connectivity index is 2.29. The molecule has 1 aromatic rings. The molecule has 0 fully saturated rings. The SMILES string of the molecule is CCSCC(C)NCC(=O)Nc1cccc(C)c1. The van der Waals surface area contributed by atoms with Crippen LogP contribution in [0.25, 0.3) is 0 Å². The number of hydrogen-bond acceptors (Lipinski definition) is 3. The van der Waals surface area contributed by atoms with E-state index in [1.165, 1.54) is 0 Å². The fraction of sp³-hybridized carbons (Fsp3) is 0.500. The van der Waals surface area contributed by atoms with Crippen LogP contribution in [-0.2, 0) is 4.79 Å². The largest absolute Gasteiger partial charge is 0.325 e. The summed E-state index contributed by atoms with van der Waals surface area (Å²) >= 11 is 1.88. The van der Waals surface area contributed by atoms with Crippen LogP contribution in [0, 0.1) is 6.92 Å². The van der Waals surface area contributed by atoms with E-state index in [1.54, 1.807) is 0 Å². The number of carbonyl (C=O) groups is 1. The van der Waals surface area contributed by atoms with Gasteiger partial charge in [0, 0.05) is 17.5 Å². The Morgan fingerprint density at radius 2 is 2.22 bits per heavy atom. The van der Waals surface area contributed by atoms with Crippen LogP contribution in [0.4, 0.5) is 5.69 Å². The molecule has 0 saturated heterocycles. The van der Waals surface area contributed by atoms with Crippen LogP contribution >= 0.6 is 11.8 Å². The summed E-state index contributed by atoms with van der Waals surface area (Å²) in [5, 5.41) is 6.11. The van der Waals surface area contributed by atoms with Crippen molar-refractivity contribution in [3.8, 4) is 0 Å². The van der Waals surface area contributed by atoms with Crippen LogP contribution in [0.15, 0.2) is 24.3 Å². The van der Waals surface area contributed by atoms with Crippen molar-refractivity contribution in [1.29, 1.82) is 0 Å². The molecule has 0 bridgehead atoms. The van der Waals surface area contributed by atoms with Crippen molar-refractivity contribution in [2.45, 2.75) is 26.8 Å². The van der Waals surface area contributed by atoms with E-state index in [0.717, 1.165) is 22.8 Å². The van der Waals surface area contributed by atoms with E-state index in [2.05, 4.69) is 24.5 Å². The summed E-state index contributed by atoms with van der Waals surface area (Å²) in [6.07, 6.45) is 0. The third kappa shape index (κ3) is 6.07. The molecule has 4 heteroatoms. The first-order valence-corrected chi connectivity index (χ1v) is 7.45. The third-order valence-corrected chi connectivity index (χ3v) is 3.63. The second-order valence-electron chi connectivity index (χ2n) is 4.36. The van der Waals surface area contributed by atoms with Crippen LogP contribution in [0.3, 0.4) is 0 Å². The molecule has 0 aliphatic carbocycles. The van der Waals surface area contributed by atoms with Crippen LogP contribution in [0.2, 0.25) is 0 Å². The lowest BCUT2D eigenvalue weighted by Gasteiger charge is -2.13. The van der Waals surface area contributed by atoms with Gasteiger partial charge in [-0.25, -0.2) is 0 Å². The average Bonchev–Trinajstić information content (AvgIpc) is 2.34. The Labute approximate surface area is 114 Å². The Morgan fingerprint density at radius 1 is 1.44 bits per heavy atom. The van der Waals surface area contributed by atoms with Gasteiger partial charge in [0.25, 0.3) is 0 Å². The molecule has 3 nitrogen and oxygen atoms in total. The van der Waals surface area contributed by atoms with E-state index < -0.39 is 0 Å². The van der Waals surface area contributed by atoms with Gasteiger partial charge in [-0.3, -0.25) is 4.79 Å². The molecule has 18 heavy (non-hydrogen) atoms. The number of benzene rings is 1. The van der Waals surface area contributed by atoms with Crippen LogP contribution in [0.1, 0.15) is 19.4 Å². The van der Waals surface area contributed by atoms with Gasteiger partial charge >= 0.3 is 0 Å². The fourth-order valence-corrected chi connectivity index (χ4v) is 2.26. The lowest BCUT2D eigenvalue weighted by molar-refractivity contribution is -0.115. The number of anilines is 1. The number of rotatable bonds is 7. The first kappa shape index (κ1) is 15.1. The quantitative estimate of drug-likeness (QED) is 0.797. The molecule has 1 unspecified atom stereocenters. The van der Waals surface area contributed by atoms with Crippen LogP contribution in [0.5, 0.6) is 0 Å². The fourth-order valence-electron chi connectivity index (χ4n) is 1.55. The zero-order chi connectivity index (χ0) is 13.4. The Kier molecular flexibility index (Phi) is 6.83.